The summed E-state index contributed by atoms with van der Waals surface area (Å²) in [7, 11) is 3.49. The second kappa shape index (κ2) is 11.4. The van der Waals surface area contributed by atoms with Gasteiger partial charge in [0.15, 0.2) is 11.5 Å². The van der Waals surface area contributed by atoms with Crippen molar-refractivity contribution in [1.29, 1.82) is 0 Å². The summed E-state index contributed by atoms with van der Waals surface area (Å²) in [6.45, 7) is 2.81. The van der Waals surface area contributed by atoms with Gasteiger partial charge in [-0.1, -0.05) is 0 Å². The SMILES string of the molecule is COc1cc(Oc2ccn3ncnc3c2)c(C)cc1Nc1ncnc2ccc(NC(=O)/C(F)=C/C3CCCN3C)cc12. The van der Waals surface area contributed by atoms with Gasteiger partial charge in [-0.25, -0.2) is 23.9 Å². The maximum atomic E-state index is 14.7. The maximum absolute atomic E-state index is 14.7. The minimum atomic E-state index is -0.805. The Balaban J connectivity index is 1.24. The Labute approximate surface area is 241 Å². The zero-order chi connectivity index (χ0) is 29.2. The van der Waals surface area contributed by atoms with Gasteiger partial charge in [0.25, 0.3) is 5.91 Å². The quantitative estimate of drug-likeness (QED) is 0.237. The van der Waals surface area contributed by atoms with Crippen molar-refractivity contribution in [3.8, 4) is 17.2 Å². The van der Waals surface area contributed by atoms with Crippen LogP contribution in [0.1, 0.15) is 18.4 Å². The first-order valence-corrected chi connectivity index (χ1v) is 13.4. The number of carbonyl (C=O) groups is 1. The number of methoxy groups -OCH3 is 1. The van der Waals surface area contributed by atoms with Gasteiger partial charge in [0.05, 0.1) is 18.3 Å². The van der Waals surface area contributed by atoms with Crippen LogP contribution < -0.4 is 20.1 Å². The monoisotopic (exact) mass is 568 g/mol. The van der Waals surface area contributed by atoms with Crippen molar-refractivity contribution in [3.05, 3.63) is 78.8 Å². The van der Waals surface area contributed by atoms with Gasteiger partial charge in [-0.05, 0) is 75.3 Å². The molecule has 42 heavy (non-hydrogen) atoms. The van der Waals surface area contributed by atoms with Crippen LogP contribution in [0.15, 0.2) is 73.2 Å². The first kappa shape index (κ1) is 27.1. The van der Waals surface area contributed by atoms with Crippen LogP contribution in [0, 0.1) is 6.92 Å². The number of pyridine rings is 1. The van der Waals surface area contributed by atoms with E-state index in [0.29, 0.717) is 51.0 Å². The van der Waals surface area contributed by atoms with E-state index in [9.17, 15) is 9.18 Å². The smallest absolute Gasteiger partial charge is 0.284 e. The first-order chi connectivity index (χ1) is 20.4. The average Bonchev–Trinajstić information content (AvgIpc) is 3.62. The summed E-state index contributed by atoms with van der Waals surface area (Å²) in [4.78, 5) is 27.6. The Bertz CT molecular complexity index is 1820. The number of likely N-dealkylation sites (N-methyl/N-ethyl adjacent to an activating group) is 1. The molecule has 1 fully saturated rings. The highest BCUT2D eigenvalue weighted by Gasteiger charge is 2.21. The molecule has 0 spiro atoms. The Morgan fingerprint density at radius 2 is 1.98 bits per heavy atom. The number of nitrogens with one attached hydrogen (secondary N) is 2. The van der Waals surface area contributed by atoms with E-state index >= 15 is 0 Å². The number of amides is 1. The highest BCUT2D eigenvalue weighted by molar-refractivity contribution is 6.04. The molecule has 0 aliphatic carbocycles. The molecule has 1 aliphatic heterocycles. The van der Waals surface area contributed by atoms with Gasteiger partial charge in [0.1, 0.15) is 35.7 Å². The number of likely N-dealkylation sites (tertiary alicyclic amines) is 1. The minimum Gasteiger partial charge on any atom is -0.494 e. The van der Waals surface area contributed by atoms with Crippen LogP contribution in [-0.2, 0) is 4.79 Å². The molecule has 0 bridgehead atoms. The molecule has 5 aromatic rings. The number of halogens is 1. The van der Waals surface area contributed by atoms with Crippen LogP contribution in [0.4, 0.5) is 21.6 Å². The summed E-state index contributed by atoms with van der Waals surface area (Å²) in [5.41, 5.74) is 3.24. The summed E-state index contributed by atoms with van der Waals surface area (Å²) in [6.07, 6.45) is 7.89. The van der Waals surface area contributed by atoms with Crippen molar-refractivity contribution in [1.82, 2.24) is 29.5 Å². The van der Waals surface area contributed by atoms with Crippen LogP contribution in [0.5, 0.6) is 17.2 Å². The van der Waals surface area contributed by atoms with Crippen molar-refractivity contribution in [3.63, 3.8) is 0 Å². The molecule has 0 saturated carbocycles. The molecule has 1 aliphatic rings. The van der Waals surface area contributed by atoms with E-state index in [1.807, 2.05) is 24.9 Å². The van der Waals surface area contributed by atoms with E-state index < -0.39 is 11.7 Å². The van der Waals surface area contributed by atoms with E-state index in [1.54, 1.807) is 54.2 Å². The molecule has 12 heteroatoms. The van der Waals surface area contributed by atoms with Crippen LogP contribution in [0.25, 0.3) is 16.6 Å². The normalized spacial score (nSPS) is 15.7. The number of hydrogen-bond acceptors (Lipinski definition) is 9. The highest BCUT2D eigenvalue weighted by atomic mass is 19.1. The number of carbonyl (C=O) groups excluding carboxylic acids is 1. The Morgan fingerprint density at radius 1 is 1.10 bits per heavy atom. The molecule has 1 amide bonds. The molecule has 1 atom stereocenters. The van der Waals surface area contributed by atoms with Crippen molar-refractivity contribution in [2.24, 2.45) is 0 Å². The van der Waals surface area contributed by atoms with E-state index in [0.717, 1.165) is 24.9 Å². The number of ether oxygens (including phenoxy) is 2. The van der Waals surface area contributed by atoms with Crippen LogP contribution in [0.2, 0.25) is 0 Å². The van der Waals surface area contributed by atoms with E-state index in [4.69, 9.17) is 9.47 Å². The summed E-state index contributed by atoms with van der Waals surface area (Å²) in [6, 6.07) is 12.3. The van der Waals surface area contributed by atoms with Gasteiger partial charge in [-0.15, -0.1) is 0 Å². The fourth-order valence-electron chi connectivity index (χ4n) is 4.98. The predicted molar refractivity (Wildman–Crippen MR) is 157 cm³/mol. The molecule has 6 rings (SSSR count). The fourth-order valence-corrected chi connectivity index (χ4v) is 4.98. The average molecular weight is 569 g/mol. The molecule has 1 unspecified atom stereocenters. The maximum Gasteiger partial charge on any atom is 0.284 e. The zero-order valence-electron chi connectivity index (χ0n) is 23.3. The molecular weight excluding hydrogens is 539 g/mol. The lowest BCUT2D eigenvalue weighted by Gasteiger charge is -2.16. The van der Waals surface area contributed by atoms with Gasteiger partial charge >= 0.3 is 0 Å². The lowest BCUT2D eigenvalue weighted by Crippen LogP contribution is -2.24. The standard InChI is InChI=1S/C30H29FN8O3/c1-18-11-25(27(41-3)15-26(18)42-21-8-10-39-28(14-21)33-17-35-39)37-29-22-12-19(6-7-24(22)32-16-34-29)36-30(40)23(31)13-20-5-4-9-38(20)2/h6-8,10-17,20H,4-5,9H2,1-3H3,(H,36,40)(H,32,34,37)/b23-13-. The molecule has 214 valence electrons. The van der Waals surface area contributed by atoms with Gasteiger partial charge in [0, 0.05) is 35.4 Å². The van der Waals surface area contributed by atoms with Crippen molar-refractivity contribution >= 4 is 39.6 Å². The zero-order valence-corrected chi connectivity index (χ0v) is 23.3. The third-order valence-electron chi connectivity index (χ3n) is 7.26. The molecule has 2 N–H and O–H groups in total. The third kappa shape index (κ3) is 5.56. The van der Waals surface area contributed by atoms with Crippen molar-refractivity contribution in [2.75, 3.05) is 31.3 Å². The van der Waals surface area contributed by atoms with Crippen molar-refractivity contribution in [2.45, 2.75) is 25.8 Å². The Hall–Kier alpha value is -5.10. The Morgan fingerprint density at radius 3 is 2.79 bits per heavy atom. The summed E-state index contributed by atoms with van der Waals surface area (Å²) < 4.78 is 28.1. The van der Waals surface area contributed by atoms with Crippen LogP contribution >= 0.6 is 0 Å². The largest absolute Gasteiger partial charge is 0.494 e. The number of hydrogen-bond donors (Lipinski definition) is 2. The molecule has 3 aromatic heterocycles. The predicted octanol–water partition coefficient (Wildman–Crippen LogP) is 5.41. The molecule has 11 nitrogen and oxygen atoms in total. The minimum absolute atomic E-state index is 0.0794. The summed E-state index contributed by atoms with van der Waals surface area (Å²) in [5, 5.41) is 10.7. The van der Waals surface area contributed by atoms with Crippen molar-refractivity contribution < 1.29 is 18.7 Å². The fraction of sp³-hybridized carbons (Fsp3) is 0.233. The second-order valence-electron chi connectivity index (χ2n) is 10.1. The highest BCUT2D eigenvalue weighted by Crippen LogP contribution is 2.37. The number of aryl methyl sites for hydroxylation is 1. The summed E-state index contributed by atoms with van der Waals surface area (Å²) in [5.74, 6) is 0.636. The molecule has 2 aromatic carbocycles. The molecule has 0 radical (unpaired) electrons. The van der Waals surface area contributed by atoms with E-state index in [2.05, 4.69) is 30.7 Å². The summed E-state index contributed by atoms with van der Waals surface area (Å²) >= 11 is 0. The third-order valence-corrected chi connectivity index (χ3v) is 7.26. The molecule has 1 saturated heterocycles. The number of nitrogens with zero attached hydrogens (tertiary/aromatic N) is 6. The molecule has 4 heterocycles. The number of rotatable bonds is 8. The number of benzene rings is 2. The van der Waals surface area contributed by atoms with E-state index in [-0.39, 0.29) is 6.04 Å². The lowest BCUT2D eigenvalue weighted by molar-refractivity contribution is -0.114. The topological polar surface area (TPSA) is 119 Å². The second-order valence-corrected chi connectivity index (χ2v) is 10.1. The number of fused-ring (bicyclic) bond motifs is 2. The first-order valence-electron chi connectivity index (χ1n) is 13.4. The Kier molecular flexibility index (Phi) is 7.36. The van der Waals surface area contributed by atoms with Gasteiger partial charge in [0.2, 0.25) is 0 Å². The van der Waals surface area contributed by atoms with Gasteiger partial charge < -0.3 is 20.1 Å². The lowest BCUT2D eigenvalue weighted by atomic mass is 10.1. The van der Waals surface area contributed by atoms with Gasteiger partial charge in [-0.2, -0.15) is 5.10 Å². The van der Waals surface area contributed by atoms with E-state index in [1.165, 1.54) is 18.7 Å². The van der Waals surface area contributed by atoms with Crippen LogP contribution in [0.3, 0.4) is 0 Å². The number of aromatic nitrogens is 5. The van der Waals surface area contributed by atoms with Crippen LogP contribution in [-0.4, -0.2) is 62.1 Å². The number of anilines is 3. The van der Waals surface area contributed by atoms with Gasteiger partial charge in [-0.3, -0.25) is 9.69 Å². The molecular formula is C30H29FN8O3.